The standard InChI is InChI=1S/C14H12BrN5O/c1-8-4-9(6-13(18-8)20-17)14(21)19-12-3-2-11(15)5-10(12)7-16/h2-6H,17H2,1H3,(H,18,20)(H,19,21). The van der Waals surface area contributed by atoms with E-state index >= 15 is 0 Å². The maximum atomic E-state index is 12.3. The second-order valence-corrected chi connectivity index (χ2v) is 5.20. The smallest absolute Gasteiger partial charge is 0.255 e. The van der Waals surface area contributed by atoms with E-state index < -0.39 is 0 Å². The zero-order valence-corrected chi connectivity index (χ0v) is 12.7. The molecule has 21 heavy (non-hydrogen) atoms. The van der Waals surface area contributed by atoms with Crippen LogP contribution in [0.5, 0.6) is 0 Å². The average molecular weight is 346 g/mol. The van der Waals surface area contributed by atoms with Gasteiger partial charge in [0.2, 0.25) is 0 Å². The predicted molar refractivity (Wildman–Crippen MR) is 83.6 cm³/mol. The number of pyridine rings is 1. The first-order valence-electron chi connectivity index (χ1n) is 6.00. The maximum absolute atomic E-state index is 12.3. The van der Waals surface area contributed by atoms with Crippen molar-refractivity contribution in [1.82, 2.24) is 4.98 Å². The largest absolute Gasteiger partial charge is 0.321 e. The molecular weight excluding hydrogens is 334 g/mol. The van der Waals surface area contributed by atoms with Crippen LogP contribution in [0.2, 0.25) is 0 Å². The molecule has 6 nitrogen and oxygen atoms in total. The highest BCUT2D eigenvalue weighted by molar-refractivity contribution is 9.10. The number of rotatable bonds is 3. The molecule has 2 rings (SSSR count). The second-order valence-electron chi connectivity index (χ2n) is 4.28. The second kappa shape index (κ2) is 6.35. The third-order valence-corrected chi connectivity index (χ3v) is 3.21. The fourth-order valence-corrected chi connectivity index (χ4v) is 2.15. The Hall–Kier alpha value is -2.43. The Morgan fingerprint density at radius 1 is 1.38 bits per heavy atom. The molecule has 0 unspecified atom stereocenters. The molecule has 0 radical (unpaired) electrons. The number of nitriles is 1. The number of nitrogens with one attached hydrogen (secondary N) is 2. The molecule has 106 valence electrons. The predicted octanol–water partition coefficient (Wildman–Crippen LogP) is 2.56. The van der Waals surface area contributed by atoms with Gasteiger partial charge in [-0.1, -0.05) is 15.9 Å². The zero-order valence-electron chi connectivity index (χ0n) is 11.1. The van der Waals surface area contributed by atoms with E-state index in [1.54, 1.807) is 31.2 Å². The average Bonchev–Trinajstić information content (AvgIpc) is 2.48. The van der Waals surface area contributed by atoms with Gasteiger partial charge in [-0.2, -0.15) is 5.26 Å². The van der Waals surface area contributed by atoms with Crippen LogP contribution in [0.1, 0.15) is 21.6 Å². The lowest BCUT2D eigenvalue weighted by Crippen LogP contribution is -2.15. The highest BCUT2D eigenvalue weighted by Gasteiger charge is 2.11. The number of carbonyl (C=O) groups is 1. The molecule has 0 fully saturated rings. The number of benzene rings is 1. The zero-order chi connectivity index (χ0) is 15.4. The minimum atomic E-state index is -0.337. The number of nitrogens with two attached hydrogens (primary N) is 1. The summed E-state index contributed by atoms with van der Waals surface area (Å²) in [6, 6.07) is 10.3. The van der Waals surface area contributed by atoms with Gasteiger partial charge < -0.3 is 10.7 Å². The van der Waals surface area contributed by atoms with E-state index in [-0.39, 0.29) is 5.91 Å². The summed E-state index contributed by atoms with van der Waals surface area (Å²) in [7, 11) is 0. The Morgan fingerprint density at radius 3 is 2.81 bits per heavy atom. The van der Waals surface area contributed by atoms with Crippen LogP contribution in [-0.2, 0) is 0 Å². The number of hydrogen-bond donors (Lipinski definition) is 3. The van der Waals surface area contributed by atoms with Crippen LogP contribution < -0.4 is 16.6 Å². The van der Waals surface area contributed by atoms with Gasteiger partial charge in [0, 0.05) is 15.7 Å². The quantitative estimate of drug-likeness (QED) is 0.585. The van der Waals surface area contributed by atoms with Gasteiger partial charge in [-0.25, -0.2) is 10.8 Å². The van der Waals surface area contributed by atoms with Crippen molar-refractivity contribution in [2.24, 2.45) is 5.84 Å². The van der Waals surface area contributed by atoms with Gasteiger partial charge in [0.05, 0.1) is 11.3 Å². The van der Waals surface area contributed by atoms with E-state index in [1.807, 2.05) is 6.07 Å². The molecule has 0 saturated heterocycles. The normalized spacial score (nSPS) is 9.81. The topological polar surface area (TPSA) is 104 Å². The minimum Gasteiger partial charge on any atom is -0.321 e. The summed E-state index contributed by atoms with van der Waals surface area (Å²) in [6.07, 6.45) is 0. The summed E-state index contributed by atoms with van der Waals surface area (Å²) in [5.41, 5.74) is 4.29. The van der Waals surface area contributed by atoms with Crippen molar-refractivity contribution in [1.29, 1.82) is 5.26 Å². The van der Waals surface area contributed by atoms with Crippen LogP contribution in [0.4, 0.5) is 11.5 Å². The molecule has 1 aromatic heterocycles. The molecule has 0 aliphatic rings. The molecule has 1 heterocycles. The van der Waals surface area contributed by atoms with Crippen LogP contribution in [-0.4, -0.2) is 10.9 Å². The number of amides is 1. The summed E-state index contributed by atoms with van der Waals surface area (Å²) in [5.74, 6) is 5.37. The van der Waals surface area contributed by atoms with Crippen LogP contribution in [0.15, 0.2) is 34.8 Å². The summed E-state index contributed by atoms with van der Waals surface area (Å²) < 4.78 is 0.770. The number of halogens is 1. The third kappa shape index (κ3) is 3.56. The molecule has 1 amide bonds. The first-order valence-corrected chi connectivity index (χ1v) is 6.79. The highest BCUT2D eigenvalue weighted by atomic mass is 79.9. The van der Waals surface area contributed by atoms with E-state index in [1.165, 1.54) is 6.07 Å². The van der Waals surface area contributed by atoms with Crippen LogP contribution in [0.25, 0.3) is 0 Å². The monoisotopic (exact) mass is 345 g/mol. The SMILES string of the molecule is Cc1cc(C(=O)Nc2ccc(Br)cc2C#N)cc(NN)n1. The lowest BCUT2D eigenvalue weighted by atomic mass is 10.1. The number of hydrogen-bond acceptors (Lipinski definition) is 5. The summed E-state index contributed by atoms with van der Waals surface area (Å²) in [5, 5.41) is 11.8. The molecule has 0 aliphatic heterocycles. The van der Waals surface area contributed by atoms with E-state index in [4.69, 9.17) is 11.1 Å². The molecule has 0 bridgehead atoms. The number of aromatic nitrogens is 1. The Balaban J connectivity index is 2.30. The van der Waals surface area contributed by atoms with Gasteiger partial charge in [-0.15, -0.1) is 0 Å². The van der Waals surface area contributed by atoms with Crippen molar-refractivity contribution in [2.75, 3.05) is 10.7 Å². The molecule has 0 saturated carbocycles. The number of nitrogen functional groups attached to an aromatic ring is 1. The van der Waals surface area contributed by atoms with Gasteiger partial charge in [-0.3, -0.25) is 4.79 Å². The lowest BCUT2D eigenvalue weighted by Gasteiger charge is -2.09. The van der Waals surface area contributed by atoms with Crippen molar-refractivity contribution < 1.29 is 4.79 Å². The van der Waals surface area contributed by atoms with Gasteiger partial charge >= 0.3 is 0 Å². The Labute approximate surface area is 130 Å². The lowest BCUT2D eigenvalue weighted by molar-refractivity contribution is 0.102. The number of aryl methyl sites for hydroxylation is 1. The first kappa shape index (κ1) is 15.0. The minimum absolute atomic E-state index is 0.337. The van der Waals surface area contributed by atoms with Gasteiger partial charge in [0.1, 0.15) is 11.9 Å². The van der Waals surface area contributed by atoms with Crippen molar-refractivity contribution in [3.63, 3.8) is 0 Å². The van der Waals surface area contributed by atoms with Gasteiger partial charge in [-0.05, 0) is 37.3 Å². The van der Waals surface area contributed by atoms with Crippen LogP contribution in [0, 0.1) is 18.3 Å². The number of nitrogens with zero attached hydrogens (tertiary/aromatic N) is 2. The molecule has 0 atom stereocenters. The van der Waals surface area contributed by atoms with Gasteiger partial charge in [0.25, 0.3) is 5.91 Å². The summed E-state index contributed by atoms with van der Waals surface area (Å²) in [6.45, 7) is 1.76. The van der Waals surface area contributed by atoms with E-state index in [9.17, 15) is 4.79 Å². The first-order chi connectivity index (χ1) is 10.0. The maximum Gasteiger partial charge on any atom is 0.255 e. The fourth-order valence-electron chi connectivity index (χ4n) is 1.79. The van der Waals surface area contributed by atoms with Crippen LogP contribution in [0.3, 0.4) is 0 Å². The van der Waals surface area contributed by atoms with E-state index in [0.29, 0.717) is 28.3 Å². The number of anilines is 2. The van der Waals surface area contributed by atoms with Crippen LogP contribution >= 0.6 is 15.9 Å². The highest BCUT2D eigenvalue weighted by Crippen LogP contribution is 2.21. The van der Waals surface area contributed by atoms with Crippen molar-refractivity contribution in [3.05, 3.63) is 51.6 Å². The Bertz CT molecular complexity index is 739. The molecular formula is C14H12BrN5O. The van der Waals surface area contributed by atoms with Crippen molar-refractivity contribution in [3.8, 4) is 6.07 Å². The Morgan fingerprint density at radius 2 is 2.14 bits per heavy atom. The Kier molecular flexibility index (Phi) is 4.52. The number of hydrazine groups is 1. The van der Waals surface area contributed by atoms with Gasteiger partial charge in [0.15, 0.2) is 0 Å². The van der Waals surface area contributed by atoms with Crippen molar-refractivity contribution >= 4 is 33.3 Å². The number of carbonyl (C=O) groups excluding carboxylic acids is 1. The summed E-state index contributed by atoms with van der Waals surface area (Å²) >= 11 is 3.28. The molecule has 7 heteroatoms. The summed E-state index contributed by atoms with van der Waals surface area (Å²) in [4.78, 5) is 16.4. The third-order valence-electron chi connectivity index (χ3n) is 2.71. The van der Waals surface area contributed by atoms with E-state index in [0.717, 1.165) is 4.47 Å². The van der Waals surface area contributed by atoms with Crippen molar-refractivity contribution in [2.45, 2.75) is 6.92 Å². The fraction of sp³-hybridized carbons (Fsp3) is 0.0714. The molecule has 0 aliphatic carbocycles. The molecule has 1 aromatic carbocycles. The molecule has 4 N–H and O–H groups in total. The van der Waals surface area contributed by atoms with E-state index in [2.05, 4.69) is 31.7 Å². The molecule has 0 spiro atoms. The molecule has 2 aromatic rings.